The van der Waals surface area contributed by atoms with Gasteiger partial charge >= 0.3 is 0 Å². The van der Waals surface area contributed by atoms with Crippen molar-refractivity contribution in [2.45, 2.75) is 32.1 Å². The SMILES string of the molecule is C[C@@H](CN(C)CC1(CO)CCC1)c1ccccc1. The van der Waals surface area contributed by atoms with Crippen LogP contribution in [0.4, 0.5) is 0 Å². The van der Waals surface area contributed by atoms with Crippen molar-refractivity contribution in [1.82, 2.24) is 4.90 Å². The van der Waals surface area contributed by atoms with Gasteiger partial charge in [-0.3, -0.25) is 0 Å². The first-order valence-corrected chi connectivity index (χ1v) is 7.00. The lowest BCUT2D eigenvalue weighted by molar-refractivity contribution is 0.0136. The largest absolute Gasteiger partial charge is 0.396 e. The molecule has 0 unspecified atom stereocenters. The highest BCUT2D eigenvalue weighted by Gasteiger charge is 2.37. The third-order valence-electron chi connectivity index (χ3n) is 4.31. The van der Waals surface area contributed by atoms with Gasteiger partial charge in [-0.1, -0.05) is 43.7 Å². The van der Waals surface area contributed by atoms with Crippen molar-refractivity contribution < 1.29 is 5.11 Å². The van der Waals surface area contributed by atoms with Crippen molar-refractivity contribution in [2.75, 3.05) is 26.7 Å². The molecule has 0 aromatic heterocycles. The monoisotopic (exact) mass is 247 g/mol. The summed E-state index contributed by atoms with van der Waals surface area (Å²) in [5.74, 6) is 0.548. The van der Waals surface area contributed by atoms with E-state index in [0.29, 0.717) is 12.5 Å². The van der Waals surface area contributed by atoms with Crippen molar-refractivity contribution in [3.05, 3.63) is 35.9 Å². The van der Waals surface area contributed by atoms with Gasteiger partial charge in [-0.05, 0) is 31.4 Å². The minimum Gasteiger partial charge on any atom is -0.396 e. The van der Waals surface area contributed by atoms with Gasteiger partial charge < -0.3 is 10.0 Å². The van der Waals surface area contributed by atoms with E-state index < -0.39 is 0 Å². The normalized spacial score (nSPS) is 19.6. The average molecular weight is 247 g/mol. The number of nitrogens with zero attached hydrogens (tertiary/aromatic N) is 1. The summed E-state index contributed by atoms with van der Waals surface area (Å²) in [7, 11) is 2.18. The molecule has 0 aliphatic heterocycles. The van der Waals surface area contributed by atoms with Gasteiger partial charge in [0.15, 0.2) is 0 Å². The third-order valence-corrected chi connectivity index (χ3v) is 4.31. The zero-order valence-electron chi connectivity index (χ0n) is 11.6. The zero-order chi connectivity index (χ0) is 13.0. The van der Waals surface area contributed by atoms with Crippen molar-refractivity contribution in [1.29, 1.82) is 0 Å². The van der Waals surface area contributed by atoms with Crippen LogP contribution in [0.15, 0.2) is 30.3 Å². The minimum absolute atomic E-state index is 0.200. The molecule has 18 heavy (non-hydrogen) atoms. The van der Waals surface area contributed by atoms with E-state index in [2.05, 4.69) is 49.2 Å². The number of aliphatic hydroxyl groups is 1. The van der Waals surface area contributed by atoms with Gasteiger partial charge in [0.1, 0.15) is 0 Å². The molecular weight excluding hydrogens is 222 g/mol. The Morgan fingerprint density at radius 1 is 1.28 bits per heavy atom. The van der Waals surface area contributed by atoms with Gasteiger partial charge in [0.2, 0.25) is 0 Å². The maximum Gasteiger partial charge on any atom is 0.0499 e. The first-order valence-electron chi connectivity index (χ1n) is 7.00. The molecular formula is C16H25NO. The van der Waals surface area contributed by atoms with E-state index in [-0.39, 0.29) is 5.41 Å². The van der Waals surface area contributed by atoms with Crippen molar-refractivity contribution in [2.24, 2.45) is 5.41 Å². The van der Waals surface area contributed by atoms with Gasteiger partial charge in [-0.25, -0.2) is 0 Å². The second-order valence-electron chi connectivity index (χ2n) is 6.02. The highest BCUT2D eigenvalue weighted by atomic mass is 16.3. The van der Waals surface area contributed by atoms with Crippen LogP contribution in [-0.2, 0) is 0 Å². The fourth-order valence-electron chi connectivity index (χ4n) is 3.03. The number of hydrogen-bond acceptors (Lipinski definition) is 2. The van der Waals surface area contributed by atoms with Crippen LogP contribution in [0.25, 0.3) is 0 Å². The molecule has 0 heterocycles. The van der Waals surface area contributed by atoms with Gasteiger partial charge in [0.05, 0.1) is 0 Å². The molecule has 2 rings (SSSR count). The summed E-state index contributed by atoms with van der Waals surface area (Å²) >= 11 is 0. The molecule has 2 heteroatoms. The summed E-state index contributed by atoms with van der Waals surface area (Å²) in [6, 6.07) is 10.7. The van der Waals surface area contributed by atoms with Crippen LogP contribution in [0, 0.1) is 5.41 Å². The fraction of sp³-hybridized carbons (Fsp3) is 0.625. The van der Waals surface area contributed by atoms with Gasteiger partial charge in [0.25, 0.3) is 0 Å². The van der Waals surface area contributed by atoms with E-state index in [1.54, 1.807) is 0 Å². The Bertz CT molecular complexity index is 353. The van der Waals surface area contributed by atoms with Crippen LogP contribution in [-0.4, -0.2) is 36.8 Å². The number of benzene rings is 1. The third kappa shape index (κ3) is 3.12. The van der Waals surface area contributed by atoms with E-state index in [4.69, 9.17) is 0 Å². The second-order valence-corrected chi connectivity index (χ2v) is 6.02. The van der Waals surface area contributed by atoms with E-state index in [1.807, 2.05) is 0 Å². The van der Waals surface area contributed by atoms with Gasteiger partial charge in [-0.2, -0.15) is 0 Å². The maximum absolute atomic E-state index is 9.51. The minimum atomic E-state index is 0.200. The van der Waals surface area contributed by atoms with Gasteiger partial charge in [0, 0.05) is 25.1 Å². The molecule has 100 valence electrons. The summed E-state index contributed by atoms with van der Waals surface area (Å²) in [6.45, 7) is 4.71. The number of aliphatic hydroxyl groups excluding tert-OH is 1. The molecule has 1 aromatic carbocycles. The summed E-state index contributed by atoms with van der Waals surface area (Å²) in [5.41, 5.74) is 1.60. The zero-order valence-corrected chi connectivity index (χ0v) is 11.6. The molecule has 0 spiro atoms. The molecule has 0 radical (unpaired) electrons. The highest BCUT2D eigenvalue weighted by Crippen LogP contribution is 2.41. The summed E-state index contributed by atoms with van der Waals surface area (Å²) in [4.78, 5) is 2.38. The Morgan fingerprint density at radius 3 is 2.44 bits per heavy atom. The van der Waals surface area contributed by atoms with E-state index in [0.717, 1.165) is 13.1 Å². The first kappa shape index (κ1) is 13.6. The summed E-state index contributed by atoms with van der Waals surface area (Å²) in [5, 5.41) is 9.51. The number of rotatable bonds is 6. The molecule has 0 amide bonds. The Morgan fingerprint density at radius 2 is 1.94 bits per heavy atom. The predicted octanol–water partition coefficient (Wildman–Crippen LogP) is 2.88. The Hall–Kier alpha value is -0.860. The summed E-state index contributed by atoms with van der Waals surface area (Å²) < 4.78 is 0. The van der Waals surface area contributed by atoms with Crippen molar-refractivity contribution >= 4 is 0 Å². The molecule has 1 aliphatic rings. The molecule has 0 bridgehead atoms. The number of likely N-dealkylation sites (N-methyl/N-ethyl adjacent to an activating group) is 1. The van der Waals surface area contributed by atoms with Crippen LogP contribution in [0.5, 0.6) is 0 Å². The molecule has 1 saturated carbocycles. The molecule has 1 atom stereocenters. The van der Waals surface area contributed by atoms with Crippen LogP contribution < -0.4 is 0 Å². The molecule has 1 N–H and O–H groups in total. The maximum atomic E-state index is 9.51. The molecule has 1 aromatic rings. The van der Waals surface area contributed by atoms with E-state index >= 15 is 0 Å². The van der Waals surface area contributed by atoms with E-state index in [9.17, 15) is 5.11 Å². The van der Waals surface area contributed by atoms with Crippen LogP contribution in [0.3, 0.4) is 0 Å². The smallest absolute Gasteiger partial charge is 0.0499 e. The average Bonchev–Trinajstić information content (AvgIpc) is 2.35. The predicted molar refractivity (Wildman–Crippen MR) is 75.7 cm³/mol. The first-order chi connectivity index (χ1) is 8.65. The lowest BCUT2D eigenvalue weighted by atomic mass is 9.69. The van der Waals surface area contributed by atoms with Gasteiger partial charge in [-0.15, -0.1) is 0 Å². The molecule has 1 aliphatic carbocycles. The van der Waals surface area contributed by atoms with Crippen LogP contribution in [0.2, 0.25) is 0 Å². The van der Waals surface area contributed by atoms with Crippen molar-refractivity contribution in [3.63, 3.8) is 0 Å². The Kier molecular flexibility index (Phi) is 4.41. The number of hydrogen-bond donors (Lipinski definition) is 1. The van der Waals surface area contributed by atoms with E-state index in [1.165, 1.54) is 24.8 Å². The second kappa shape index (κ2) is 5.85. The summed E-state index contributed by atoms with van der Waals surface area (Å²) in [6.07, 6.45) is 3.66. The topological polar surface area (TPSA) is 23.5 Å². The molecule has 0 saturated heterocycles. The Labute approximate surface area is 111 Å². The lowest BCUT2D eigenvalue weighted by Gasteiger charge is -2.43. The van der Waals surface area contributed by atoms with Crippen molar-refractivity contribution in [3.8, 4) is 0 Å². The highest BCUT2D eigenvalue weighted by molar-refractivity contribution is 5.19. The van der Waals surface area contributed by atoms with Crippen LogP contribution in [0.1, 0.15) is 37.7 Å². The van der Waals surface area contributed by atoms with Crippen LogP contribution >= 0.6 is 0 Å². The lowest BCUT2D eigenvalue weighted by Crippen LogP contribution is -2.44. The Balaban J connectivity index is 1.85. The quantitative estimate of drug-likeness (QED) is 0.835. The molecule has 2 nitrogen and oxygen atoms in total. The standard InChI is InChI=1S/C16H25NO/c1-14(15-7-4-3-5-8-15)11-17(2)12-16(13-18)9-6-10-16/h3-5,7-8,14,18H,6,9-13H2,1-2H3/t14-/m0/s1. The fourth-order valence-corrected chi connectivity index (χ4v) is 3.03. The molecule has 1 fully saturated rings.